The van der Waals surface area contributed by atoms with E-state index in [0.717, 1.165) is 25.7 Å². The van der Waals surface area contributed by atoms with Crippen LogP contribution in [0, 0.1) is 5.92 Å². The van der Waals surface area contributed by atoms with Crippen LogP contribution in [0.1, 0.15) is 41.6 Å². The fourth-order valence-electron chi connectivity index (χ4n) is 3.77. The maximum absolute atomic E-state index is 12.9. The summed E-state index contributed by atoms with van der Waals surface area (Å²) in [5, 5.41) is 9.06. The van der Waals surface area contributed by atoms with Crippen molar-refractivity contribution in [2.24, 2.45) is 5.92 Å². The van der Waals surface area contributed by atoms with Crippen molar-refractivity contribution in [1.29, 1.82) is 0 Å². The molecule has 0 aromatic heterocycles. The minimum Gasteiger partial charge on any atom is -0.478 e. The van der Waals surface area contributed by atoms with Gasteiger partial charge in [0.05, 0.1) is 11.3 Å². The molecule has 6 nitrogen and oxygen atoms in total. The van der Waals surface area contributed by atoms with E-state index in [-0.39, 0.29) is 17.4 Å². The molecule has 0 amide bonds. The summed E-state index contributed by atoms with van der Waals surface area (Å²) < 4.78 is 32.8. The summed E-state index contributed by atoms with van der Waals surface area (Å²) >= 11 is 0. The van der Waals surface area contributed by atoms with Gasteiger partial charge in [-0.1, -0.05) is 12.1 Å². The topological polar surface area (TPSA) is 83.9 Å². The van der Waals surface area contributed by atoms with Gasteiger partial charge < -0.3 is 9.84 Å². The van der Waals surface area contributed by atoms with Gasteiger partial charge >= 0.3 is 5.97 Å². The summed E-state index contributed by atoms with van der Waals surface area (Å²) in [6.07, 6.45) is 3.60. The SMILES string of the molecule is O=C(O)c1cccc(CS(=O)(=O)N2CCCC2C2CCOCC2)c1. The number of carboxylic acid groups (broad SMARTS) is 1. The fourth-order valence-corrected chi connectivity index (χ4v) is 5.63. The van der Waals surface area contributed by atoms with Crippen LogP contribution in [0.5, 0.6) is 0 Å². The first kappa shape index (κ1) is 17.4. The Morgan fingerprint density at radius 1 is 1.25 bits per heavy atom. The number of benzene rings is 1. The lowest BCUT2D eigenvalue weighted by molar-refractivity contribution is 0.0476. The molecule has 0 spiro atoms. The predicted molar refractivity (Wildman–Crippen MR) is 89.3 cm³/mol. The minimum absolute atomic E-state index is 0.0570. The lowest BCUT2D eigenvalue weighted by atomic mass is 9.91. The highest BCUT2D eigenvalue weighted by atomic mass is 32.2. The third-order valence-corrected chi connectivity index (χ3v) is 6.80. The van der Waals surface area contributed by atoms with Gasteiger partial charge in [0.2, 0.25) is 10.0 Å². The average molecular weight is 353 g/mol. The summed E-state index contributed by atoms with van der Waals surface area (Å²) in [4.78, 5) is 11.1. The van der Waals surface area contributed by atoms with Crippen molar-refractivity contribution in [2.45, 2.75) is 37.5 Å². The van der Waals surface area contributed by atoms with Crippen LogP contribution in [0.2, 0.25) is 0 Å². The monoisotopic (exact) mass is 353 g/mol. The molecule has 1 atom stereocenters. The molecular weight excluding hydrogens is 330 g/mol. The number of ether oxygens (including phenoxy) is 1. The van der Waals surface area contributed by atoms with Crippen LogP contribution in [0.4, 0.5) is 0 Å². The summed E-state index contributed by atoms with van der Waals surface area (Å²) in [6, 6.07) is 6.23. The van der Waals surface area contributed by atoms with Crippen molar-refractivity contribution in [1.82, 2.24) is 4.31 Å². The number of hydrogen-bond acceptors (Lipinski definition) is 4. The number of carbonyl (C=O) groups is 1. The molecule has 3 rings (SSSR count). The zero-order valence-corrected chi connectivity index (χ0v) is 14.4. The van der Waals surface area contributed by atoms with Crippen molar-refractivity contribution < 1.29 is 23.1 Å². The summed E-state index contributed by atoms with van der Waals surface area (Å²) in [5.41, 5.74) is 0.637. The zero-order valence-electron chi connectivity index (χ0n) is 13.6. The highest BCUT2D eigenvalue weighted by molar-refractivity contribution is 7.88. The average Bonchev–Trinajstić information content (AvgIpc) is 3.06. The van der Waals surface area contributed by atoms with E-state index in [1.807, 2.05) is 0 Å². The molecule has 2 aliphatic heterocycles. The van der Waals surface area contributed by atoms with Crippen LogP contribution in [0.15, 0.2) is 24.3 Å². The Labute approximate surface area is 142 Å². The van der Waals surface area contributed by atoms with Crippen LogP contribution >= 0.6 is 0 Å². The molecule has 24 heavy (non-hydrogen) atoms. The quantitative estimate of drug-likeness (QED) is 0.876. The molecule has 7 heteroatoms. The van der Waals surface area contributed by atoms with Gasteiger partial charge in [-0.05, 0) is 49.3 Å². The van der Waals surface area contributed by atoms with Gasteiger partial charge in [0.15, 0.2) is 0 Å². The normalized spacial score (nSPS) is 23.4. The maximum Gasteiger partial charge on any atom is 0.335 e. The van der Waals surface area contributed by atoms with Gasteiger partial charge in [0.25, 0.3) is 0 Å². The lowest BCUT2D eigenvalue weighted by Crippen LogP contribution is -2.42. The van der Waals surface area contributed by atoms with Crippen molar-refractivity contribution in [3.05, 3.63) is 35.4 Å². The van der Waals surface area contributed by atoms with Crippen molar-refractivity contribution in [3.8, 4) is 0 Å². The Bertz CT molecular complexity index is 697. The Hall–Kier alpha value is -1.44. The molecule has 2 saturated heterocycles. The summed E-state index contributed by atoms with van der Waals surface area (Å²) in [6.45, 7) is 1.97. The van der Waals surface area contributed by atoms with Crippen LogP contribution < -0.4 is 0 Å². The number of hydrogen-bond donors (Lipinski definition) is 1. The van der Waals surface area contributed by atoms with E-state index < -0.39 is 16.0 Å². The molecule has 2 aliphatic rings. The second-order valence-electron chi connectivity index (χ2n) is 6.53. The Kier molecular flexibility index (Phi) is 5.22. The van der Waals surface area contributed by atoms with Crippen LogP contribution in [-0.2, 0) is 20.5 Å². The zero-order chi connectivity index (χ0) is 17.2. The maximum atomic E-state index is 12.9. The third-order valence-electron chi connectivity index (χ3n) is 4.94. The molecular formula is C17H23NO5S. The van der Waals surface area contributed by atoms with E-state index in [1.54, 1.807) is 16.4 Å². The van der Waals surface area contributed by atoms with E-state index in [0.29, 0.717) is 31.2 Å². The molecule has 0 saturated carbocycles. The summed E-state index contributed by atoms with van der Waals surface area (Å²) in [5.74, 6) is -0.828. The Balaban J connectivity index is 1.76. The van der Waals surface area contributed by atoms with Crippen LogP contribution in [-0.4, -0.2) is 49.6 Å². The molecule has 1 aromatic carbocycles. The Morgan fingerprint density at radius 3 is 2.71 bits per heavy atom. The number of rotatable bonds is 5. The first-order chi connectivity index (χ1) is 11.5. The molecule has 2 heterocycles. The molecule has 1 N–H and O–H groups in total. The van der Waals surface area contributed by atoms with Gasteiger partial charge in [0.1, 0.15) is 0 Å². The number of aromatic carboxylic acids is 1. The smallest absolute Gasteiger partial charge is 0.335 e. The van der Waals surface area contributed by atoms with E-state index in [4.69, 9.17) is 9.84 Å². The van der Waals surface area contributed by atoms with Crippen LogP contribution in [0.25, 0.3) is 0 Å². The largest absolute Gasteiger partial charge is 0.478 e. The molecule has 0 radical (unpaired) electrons. The van der Waals surface area contributed by atoms with E-state index in [2.05, 4.69) is 0 Å². The van der Waals surface area contributed by atoms with Crippen LogP contribution in [0.3, 0.4) is 0 Å². The standard InChI is InChI=1S/C17H23NO5S/c19-17(20)15-4-1-3-13(11-15)12-24(21,22)18-8-2-5-16(18)14-6-9-23-10-7-14/h1,3-4,11,14,16H,2,5-10,12H2,(H,19,20). The highest BCUT2D eigenvalue weighted by Crippen LogP contribution is 2.33. The van der Waals surface area contributed by atoms with Gasteiger partial charge in [0, 0.05) is 25.8 Å². The van der Waals surface area contributed by atoms with E-state index in [9.17, 15) is 13.2 Å². The van der Waals surface area contributed by atoms with Gasteiger partial charge in [-0.25, -0.2) is 13.2 Å². The van der Waals surface area contributed by atoms with Gasteiger partial charge in [-0.15, -0.1) is 0 Å². The van der Waals surface area contributed by atoms with Crippen molar-refractivity contribution in [3.63, 3.8) is 0 Å². The Morgan fingerprint density at radius 2 is 2.00 bits per heavy atom. The van der Waals surface area contributed by atoms with Crippen molar-refractivity contribution >= 4 is 16.0 Å². The molecule has 2 fully saturated rings. The molecule has 0 bridgehead atoms. The second kappa shape index (κ2) is 7.21. The second-order valence-corrected chi connectivity index (χ2v) is 8.45. The molecule has 0 aliphatic carbocycles. The summed E-state index contributed by atoms with van der Waals surface area (Å²) in [7, 11) is -3.45. The van der Waals surface area contributed by atoms with E-state index >= 15 is 0 Å². The molecule has 1 unspecified atom stereocenters. The molecule has 1 aromatic rings. The first-order valence-electron chi connectivity index (χ1n) is 8.37. The highest BCUT2D eigenvalue weighted by Gasteiger charge is 2.39. The van der Waals surface area contributed by atoms with Crippen molar-refractivity contribution in [2.75, 3.05) is 19.8 Å². The predicted octanol–water partition coefficient (Wildman–Crippen LogP) is 2.11. The van der Waals surface area contributed by atoms with E-state index in [1.165, 1.54) is 12.1 Å². The number of carboxylic acids is 1. The minimum atomic E-state index is -3.45. The number of sulfonamides is 1. The number of nitrogens with zero attached hydrogens (tertiary/aromatic N) is 1. The third kappa shape index (κ3) is 3.79. The fraction of sp³-hybridized carbons (Fsp3) is 0.588. The van der Waals surface area contributed by atoms with Gasteiger partial charge in [-0.3, -0.25) is 0 Å². The lowest BCUT2D eigenvalue weighted by Gasteiger charge is -2.33. The van der Waals surface area contributed by atoms with Gasteiger partial charge in [-0.2, -0.15) is 4.31 Å². The first-order valence-corrected chi connectivity index (χ1v) is 9.98. The molecule has 132 valence electrons.